The Labute approximate surface area is 106 Å². The molecule has 2 aliphatic carbocycles. The van der Waals surface area contributed by atoms with Crippen molar-refractivity contribution in [2.75, 3.05) is 13.1 Å². The summed E-state index contributed by atoms with van der Waals surface area (Å²) in [4.78, 5) is 24.6. The van der Waals surface area contributed by atoms with Gasteiger partial charge in [-0.3, -0.25) is 14.9 Å². The second-order valence-electron chi connectivity index (χ2n) is 4.75. The third-order valence-corrected chi connectivity index (χ3v) is 3.71. The minimum absolute atomic E-state index is 0.0502. The summed E-state index contributed by atoms with van der Waals surface area (Å²) < 4.78 is 0. The highest BCUT2D eigenvalue weighted by molar-refractivity contribution is 5.81. The van der Waals surface area contributed by atoms with Gasteiger partial charge >= 0.3 is 0 Å². The van der Waals surface area contributed by atoms with Crippen molar-refractivity contribution >= 4 is 5.91 Å². The first-order valence-electron chi connectivity index (χ1n) is 6.39. The molecule has 0 N–H and O–H groups in total. The zero-order chi connectivity index (χ0) is 13.3. The van der Waals surface area contributed by atoms with Gasteiger partial charge in [0.2, 0.25) is 11.9 Å². The first kappa shape index (κ1) is 12.8. The van der Waals surface area contributed by atoms with Gasteiger partial charge in [0.25, 0.3) is 0 Å². The molecule has 98 valence electrons. The normalized spacial score (nSPS) is 29.0. The molecule has 0 spiro atoms. The summed E-state index contributed by atoms with van der Waals surface area (Å²) in [6.07, 6.45) is 5.87. The number of hydrogen-bond donors (Lipinski definition) is 0. The van der Waals surface area contributed by atoms with Gasteiger partial charge in [-0.1, -0.05) is 17.7 Å². The molecule has 0 saturated carbocycles. The SMILES string of the molecule is CCN(CC)C(=O)C1C=CC([N+](=O)[O-])[C@@H]2C=C2C1. The molecule has 0 aromatic heterocycles. The van der Waals surface area contributed by atoms with Gasteiger partial charge in [-0.25, -0.2) is 0 Å². The number of nitrogens with zero attached hydrogens (tertiary/aromatic N) is 2. The standard InChI is InChI=1S/C13H18N2O3/c1-3-14(4-2)13(16)9-5-6-12(15(17)18)11-8-10(11)7-9/h5-6,8-9,11-12H,3-4,7H2,1-2H3/t9?,11-,12?/m1/s1. The topological polar surface area (TPSA) is 63.5 Å². The average Bonchev–Trinajstić information content (AvgIpc) is 3.07. The molecule has 1 amide bonds. The quantitative estimate of drug-likeness (QED) is 0.433. The van der Waals surface area contributed by atoms with Gasteiger partial charge in [-0.2, -0.15) is 0 Å². The van der Waals surface area contributed by atoms with Crippen molar-refractivity contribution in [3.8, 4) is 0 Å². The molecule has 18 heavy (non-hydrogen) atoms. The van der Waals surface area contributed by atoms with E-state index in [0.717, 1.165) is 5.57 Å². The number of fused-ring (bicyclic) bond motifs is 1. The van der Waals surface area contributed by atoms with E-state index in [1.165, 1.54) is 0 Å². The van der Waals surface area contributed by atoms with Gasteiger partial charge in [-0.15, -0.1) is 0 Å². The monoisotopic (exact) mass is 250 g/mol. The fourth-order valence-electron chi connectivity index (χ4n) is 2.54. The predicted octanol–water partition coefficient (Wildman–Crippen LogP) is 1.63. The first-order chi connectivity index (χ1) is 8.58. The Kier molecular flexibility index (Phi) is 3.50. The molecular weight excluding hydrogens is 232 g/mol. The molecule has 5 nitrogen and oxygen atoms in total. The van der Waals surface area contributed by atoms with Gasteiger partial charge in [0.15, 0.2) is 0 Å². The summed E-state index contributed by atoms with van der Waals surface area (Å²) in [6.45, 7) is 5.25. The van der Waals surface area contributed by atoms with Gasteiger partial charge in [0.1, 0.15) is 0 Å². The van der Waals surface area contributed by atoms with Crippen LogP contribution >= 0.6 is 0 Å². The van der Waals surface area contributed by atoms with E-state index in [1.54, 1.807) is 17.1 Å². The fraction of sp³-hybridized carbons (Fsp3) is 0.615. The molecule has 2 aliphatic rings. The lowest BCUT2D eigenvalue weighted by atomic mass is 10.0. The molecule has 0 aromatic rings. The molecule has 5 heteroatoms. The highest BCUT2D eigenvalue weighted by atomic mass is 16.6. The highest BCUT2D eigenvalue weighted by Crippen LogP contribution is 2.41. The molecular formula is C13H18N2O3. The maximum absolute atomic E-state index is 12.2. The van der Waals surface area contributed by atoms with Crippen LogP contribution in [0.5, 0.6) is 0 Å². The van der Waals surface area contributed by atoms with Gasteiger partial charge < -0.3 is 4.90 Å². The molecule has 2 unspecified atom stereocenters. The largest absolute Gasteiger partial charge is 0.343 e. The van der Waals surface area contributed by atoms with Crippen LogP contribution < -0.4 is 0 Å². The van der Waals surface area contributed by atoms with Crippen LogP contribution in [0.25, 0.3) is 0 Å². The summed E-state index contributed by atoms with van der Waals surface area (Å²) in [5.74, 6) is -0.205. The molecule has 0 radical (unpaired) electrons. The van der Waals surface area contributed by atoms with E-state index in [-0.39, 0.29) is 22.7 Å². The highest BCUT2D eigenvalue weighted by Gasteiger charge is 2.43. The van der Waals surface area contributed by atoms with E-state index in [4.69, 9.17) is 0 Å². The molecule has 0 bridgehead atoms. The van der Waals surface area contributed by atoms with Crippen molar-refractivity contribution in [2.45, 2.75) is 26.3 Å². The molecule has 0 aromatic carbocycles. The maximum Gasteiger partial charge on any atom is 0.241 e. The fourth-order valence-corrected chi connectivity index (χ4v) is 2.54. The average molecular weight is 250 g/mol. The Bertz CT molecular complexity index is 424. The van der Waals surface area contributed by atoms with Crippen LogP contribution in [-0.4, -0.2) is 34.9 Å². The van der Waals surface area contributed by atoms with Gasteiger partial charge in [-0.05, 0) is 26.3 Å². The van der Waals surface area contributed by atoms with E-state index in [2.05, 4.69) is 0 Å². The number of amides is 1. The number of carbonyl (C=O) groups excluding carboxylic acids is 1. The smallest absolute Gasteiger partial charge is 0.241 e. The summed E-state index contributed by atoms with van der Waals surface area (Å²) >= 11 is 0. The van der Waals surface area contributed by atoms with Crippen molar-refractivity contribution < 1.29 is 9.72 Å². The maximum atomic E-state index is 12.2. The number of carbonyl (C=O) groups is 1. The molecule has 0 aliphatic heterocycles. The van der Waals surface area contributed by atoms with E-state index in [1.807, 2.05) is 19.9 Å². The lowest BCUT2D eigenvalue weighted by Gasteiger charge is -2.22. The van der Waals surface area contributed by atoms with Crippen LogP contribution in [0.3, 0.4) is 0 Å². The van der Waals surface area contributed by atoms with Crippen LogP contribution in [0.2, 0.25) is 0 Å². The van der Waals surface area contributed by atoms with Crippen molar-refractivity contribution in [1.29, 1.82) is 0 Å². The summed E-state index contributed by atoms with van der Waals surface area (Å²) in [5.41, 5.74) is 1.06. The van der Waals surface area contributed by atoms with E-state index in [9.17, 15) is 14.9 Å². The van der Waals surface area contributed by atoms with E-state index >= 15 is 0 Å². The Morgan fingerprint density at radius 2 is 2.11 bits per heavy atom. The zero-order valence-electron chi connectivity index (χ0n) is 10.7. The van der Waals surface area contributed by atoms with Crippen molar-refractivity contribution in [2.24, 2.45) is 11.8 Å². The Hall–Kier alpha value is -1.65. The van der Waals surface area contributed by atoms with Crippen molar-refractivity contribution in [3.63, 3.8) is 0 Å². The predicted molar refractivity (Wildman–Crippen MR) is 67.5 cm³/mol. The van der Waals surface area contributed by atoms with Crippen molar-refractivity contribution in [3.05, 3.63) is 33.9 Å². The van der Waals surface area contributed by atoms with E-state index < -0.39 is 6.04 Å². The molecule has 0 fully saturated rings. The lowest BCUT2D eigenvalue weighted by molar-refractivity contribution is -0.512. The lowest BCUT2D eigenvalue weighted by Crippen LogP contribution is -2.35. The van der Waals surface area contributed by atoms with Crippen LogP contribution in [0.15, 0.2) is 23.8 Å². The molecule has 2 rings (SSSR count). The molecule has 0 heterocycles. The van der Waals surface area contributed by atoms with Crippen molar-refractivity contribution in [1.82, 2.24) is 4.90 Å². The van der Waals surface area contributed by atoms with E-state index in [0.29, 0.717) is 19.5 Å². The number of hydrogen-bond acceptors (Lipinski definition) is 3. The second-order valence-corrected chi connectivity index (χ2v) is 4.75. The third kappa shape index (κ3) is 2.30. The van der Waals surface area contributed by atoms with Crippen LogP contribution in [0, 0.1) is 22.0 Å². The summed E-state index contributed by atoms with van der Waals surface area (Å²) in [5, 5.41) is 10.9. The third-order valence-electron chi connectivity index (χ3n) is 3.71. The Balaban J connectivity index is 2.11. The van der Waals surface area contributed by atoms with Crippen LogP contribution in [-0.2, 0) is 4.79 Å². The zero-order valence-corrected chi connectivity index (χ0v) is 10.7. The Morgan fingerprint density at radius 1 is 1.44 bits per heavy atom. The minimum Gasteiger partial charge on any atom is -0.343 e. The Morgan fingerprint density at radius 3 is 2.67 bits per heavy atom. The first-order valence-corrected chi connectivity index (χ1v) is 6.39. The van der Waals surface area contributed by atoms with Gasteiger partial charge in [0.05, 0.1) is 11.8 Å². The summed E-state index contributed by atoms with van der Waals surface area (Å²) in [6, 6.07) is -0.672. The summed E-state index contributed by atoms with van der Waals surface area (Å²) in [7, 11) is 0. The van der Waals surface area contributed by atoms with Crippen LogP contribution in [0.1, 0.15) is 20.3 Å². The number of rotatable bonds is 4. The molecule has 0 saturated heterocycles. The minimum atomic E-state index is -0.672. The second kappa shape index (κ2) is 4.92. The van der Waals surface area contributed by atoms with Gasteiger partial charge in [0, 0.05) is 18.0 Å². The van der Waals surface area contributed by atoms with Crippen LogP contribution in [0.4, 0.5) is 0 Å². The molecule has 3 atom stereocenters. The number of nitro groups is 1.